The average Bonchev–Trinajstić information content (AvgIpc) is 2.75. The van der Waals surface area contributed by atoms with Gasteiger partial charge in [0.15, 0.2) is 0 Å². The Bertz CT molecular complexity index is 419. The van der Waals surface area contributed by atoms with Gasteiger partial charge in [0.05, 0.1) is 11.7 Å². The molecule has 1 fully saturated rings. The van der Waals surface area contributed by atoms with E-state index in [4.69, 9.17) is 5.11 Å². The summed E-state index contributed by atoms with van der Waals surface area (Å²) in [5, 5.41) is 21.8. The highest BCUT2D eigenvalue weighted by molar-refractivity contribution is 5.89. The average molecular weight is 249 g/mol. The van der Waals surface area contributed by atoms with E-state index in [-0.39, 0.29) is 6.10 Å². The van der Waals surface area contributed by atoms with Gasteiger partial charge < -0.3 is 15.5 Å². The first-order valence-corrected chi connectivity index (χ1v) is 6.37. The van der Waals surface area contributed by atoms with Gasteiger partial charge in [-0.25, -0.2) is 4.79 Å². The van der Waals surface area contributed by atoms with E-state index < -0.39 is 5.97 Å². The summed E-state index contributed by atoms with van der Waals surface area (Å²) in [6.07, 6.45) is 2.64. The summed E-state index contributed by atoms with van der Waals surface area (Å²) in [7, 11) is 0. The number of carbonyl (C=O) groups is 1. The molecule has 0 radical (unpaired) electrons. The molecular formula is C14H19NO3. The zero-order valence-electron chi connectivity index (χ0n) is 10.3. The van der Waals surface area contributed by atoms with Gasteiger partial charge in [-0.05, 0) is 43.4 Å². The monoisotopic (exact) mass is 249 g/mol. The van der Waals surface area contributed by atoms with Crippen LogP contribution in [0.15, 0.2) is 24.3 Å². The number of aromatic carboxylic acids is 1. The summed E-state index contributed by atoms with van der Waals surface area (Å²) < 4.78 is 0. The highest BCUT2D eigenvalue weighted by atomic mass is 16.4. The second kappa shape index (κ2) is 5.98. The van der Waals surface area contributed by atoms with E-state index in [9.17, 15) is 9.90 Å². The minimum atomic E-state index is -0.885. The summed E-state index contributed by atoms with van der Waals surface area (Å²) in [5.74, 6) is -0.374. The number of hydrogen-bond donors (Lipinski definition) is 3. The van der Waals surface area contributed by atoms with E-state index in [0.29, 0.717) is 18.0 Å². The van der Waals surface area contributed by atoms with Crippen LogP contribution in [0.3, 0.4) is 0 Å². The molecule has 0 aromatic heterocycles. The standard InChI is InChI=1S/C14H19NO3/c16-12-6-5-10(7-12)8-15-9-11-3-1-2-4-13(11)14(17)18/h1-4,10,12,15-16H,5-9H2,(H,17,18). The summed E-state index contributed by atoms with van der Waals surface area (Å²) in [6.45, 7) is 1.40. The Morgan fingerprint density at radius 2 is 2.11 bits per heavy atom. The molecular weight excluding hydrogens is 230 g/mol. The normalized spacial score (nSPS) is 23.2. The fourth-order valence-corrected chi connectivity index (χ4v) is 2.53. The zero-order chi connectivity index (χ0) is 13.0. The molecule has 4 heteroatoms. The van der Waals surface area contributed by atoms with Gasteiger partial charge in [-0.2, -0.15) is 0 Å². The molecule has 1 aromatic rings. The second-order valence-corrected chi connectivity index (χ2v) is 4.93. The molecule has 0 spiro atoms. The number of carboxylic acids is 1. The highest BCUT2D eigenvalue weighted by Crippen LogP contribution is 2.24. The Labute approximate surface area is 107 Å². The Hall–Kier alpha value is -1.39. The molecule has 2 rings (SSSR count). The van der Waals surface area contributed by atoms with Crippen LogP contribution in [0.25, 0.3) is 0 Å². The lowest BCUT2D eigenvalue weighted by molar-refractivity contribution is 0.0695. The van der Waals surface area contributed by atoms with Crippen LogP contribution in [-0.4, -0.2) is 28.8 Å². The first-order chi connectivity index (χ1) is 8.66. The van der Waals surface area contributed by atoms with Crippen LogP contribution in [0, 0.1) is 5.92 Å². The fourth-order valence-electron chi connectivity index (χ4n) is 2.53. The van der Waals surface area contributed by atoms with E-state index in [1.165, 1.54) is 0 Å². The third-order valence-corrected chi connectivity index (χ3v) is 3.51. The lowest BCUT2D eigenvalue weighted by Crippen LogP contribution is -2.22. The minimum Gasteiger partial charge on any atom is -0.478 e. The summed E-state index contributed by atoms with van der Waals surface area (Å²) in [5.41, 5.74) is 1.17. The van der Waals surface area contributed by atoms with Gasteiger partial charge in [-0.3, -0.25) is 0 Å². The van der Waals surface area contributed by atoms with E-state index >= 15 is 0 Å². The van der Waals surface area contributed by atoms with Crippen molar-refractivity contribution >= 4 is 5.97 Å². The molecule has 0 aliphatic heterocycles. The highest BCUT2D eigenvalue weighted by Gasteiger charge is 2.22. The van der Waals surface area contributed by atoms with Gasteiger partial charge in [-0.1, -0.05) is 18.2 Å². The molecule has 0 amide bonds. The van der Waals surface area contributed by atoms with Crippen LogP contribution in [0.5, 0.6) is 0 Å². The van der Waals surface area contributed by atoms with Crippen LogP contribution in [0.2, 0.25) is 0 Å². The number of aliphatic hydroxyl groups excluding tert-OH is 1. The van der Waals surface area contributed by atoms with Crippen LogP contribution in [0.4, 0.5) is 0 Å². The number of benzene rings is 1. The van der Waals surface area contributed by atoms with E-state index in [0.717, 1.165) is 31.4 Å². The Morgan fingerprint density at radius 3 is 2.78 bits per heavy atom. The molecule has 18 heavy (non-hydrogen) atoms. The van der Waals surface area contributed by atoms with Crippen molar-refractivity contribution in [2.24, 2.45) is 5.92 Å². The third kappa shape index (κ3) is 3.31. The molecule has 0 bridgehead atoms. The Balaban J connectivity index is 1.85. The first kappa shape index (κ1) is 13.1. The predicted octanol–water partition coefficient (Wildman–Crippen LogP) is 1.64. The van der Waals surface area contributed by atoms with Crippen molar-refractivity contribution in [3.8, 4) is 0 Å². The van der Waals surface area contributed by atoms with E-state index in [1.807, 2.05) is 12.1 Å². The molecule has 1 aromatic carbocycles. The lowest BCUT2D eigenvalue weighted by Gasteiger charge is -2.12. The fraction of sp³-hybridized carbons (Fsp3) is 0.500. The van der Waals surface area contributed by atoms with Gasteiger partial charge in [0.2, 0.25) is 0 Å². The van der Waals surface area contributed by atoms with Crippen molar-refractivity contribution in [1.82, 2.24) is 5.32 Å². The van der Waals surface area contributed by atoms with Gasteiger partial charge in [0.1, 0.15) is 0 Å². The van der Waals surface area contributed by atoms with Crippen LogP contribution in [-0.2, 0) is 6.54 Å². The molecule has 98 valence electrons. The van der Waals surface area contributed by atoms with Crippen molar-refractivity contribution in [2.45, 2.75) is 31.9 Å². The third-order valence-electron chi connectivity index (χ3n) is 3.51. The molecule has 1 aliphatic rings. The summed E-state index contributed by atoms with van der Waals surface area (Å²) >= 11 is 0. The lowest BCUT2D eigenvalue weighted by atomic mass is 10.1. The maximum absolute atomic E-state index is 11.0. The number of carboxylic acid groups (broad SMARTS) is 1. The number of aliphatic hydroxyl groups is 1. The Morgan fingerprint density at radius 1 is 1.33 bits per heavy atom. The van der Waals surface area contributed by atoms with Crippen molar-refractivity contribution < 1.29 is 15.0 Å². The summed E-state index contributed by atoms with van der Waals surface area (Å²) in [4.78, 5) is 11.0. The molecule has 4 nitrogen and oxygen atoms in total. The molecule has 1 aliphatic carbocycles. The van der Waals surface area contributed by atoms with Gasteiger partial charge in [0.25, 0.3) is 0 Å². The zero-order valence-corrected chi connectivity index (χ0v) is 10.3. The van der Waals surface area contributed by atoms with Crippen LogP contribution >= 0.6 is 0 Å². The van der Waals surface area contributed by atoms with Crippen LogP contribution < -0.4 is 5.32 Å². The SMILES string of the molecule is O=C(O)c1ccccc1CNCC1CCC(O)C1. The number of hydrogen-bond acceptors (Lipinski definition) is 3. The van der Waals surface area contributed by atoms with Gasteiger partial charge in [-0.15, -0.1) is 0 Å². The maximum atomic E-state index is 11.0. The van der Waals surface area contributed by atoms with E-state index in [1.54, 1.807) is 12.1 Å². The largest absolute Gasteiger partial charge is 0.478 e. The van der Waals surface area contributed by atoms with Crippen molar-refractivity contribution in [1.29, 1.82) is 0 Å². The molecule has 3 N–H and O–H groups in total. The van der Waals surface area contributed by atoms with Crippen molar-refractivity contribution in [3.05, 3.63) is 35.4 Å². The molecule has 2 atom stereocenters. The quantitative estimate of drug-likeness (QED) is 0.742. The Kier molecular flexibility index (Phi) is 4.33. The first-order valence-electron chi connectivity index (χ1n) is 6.37. The second-order valence-electron chi connectivity index (χ2n) is 4.93. The maximum Gasteiger partial charge on any atom is 0.336 e. The molecule has 0 heterocycles. The van der Waals surface area contributed by atoms with Gasteiger partial charge in [0, 0.05) is 6.54 Å². The van der Waals surface area contributed by atoms with Crippen molar-refractivity contribution in [2.75, 3.05) is 6.54 Å². The summed E-state index contributed by atoms with van der Waals surface area (Å²) in [6, 6.07) is 7.04. The predicted molar refractivity (Wildman–Crippen MR) is 68.5 cm³/mol. The minimum absolute atomic E-state index is 0.150. The molecule has 1 saturated carbocycles. The number of rotatable bonds is 5. The van der Waals surface area contributed by atoms with Crippen LogP contribution in [0.1, 0.15) is 35.2 Å². The molecule has 2 unspecified atom stereocenters. The van der Waals surface area contributed by atoms with Crippen molar-refractivity contribution in [3.63, 3.8) is 0 Å². The van der Waals surface area contributed by atoms with Gasteiger partial charge >= 0.3 is 5.97 Å². The smallest absolute Gasteiger partial charge is 0.336 e. The number of nitrogens with one attached hydrogen (secondary N) is 1. The van der Waals surface area contributed by atoms with E-state index in [2.05, 4.69) is 5.32 Å². The topological polar surface area (TPSA) is 69.6 Å². The molecule has 0 saturated heterocycles.